The van der Waals surface area contributed by atoms with E-state index in [-0.39, 0.29) is 6.10 Å². The third kappa shape index (κ3) is 3.53. The quantitative estimate of drug-likeness (QED) is 0.891. The molecule has 22 heavy (non-hydrogen) atoms. The number of carbonyl (C=O) groups is 1. The van der Waals surface area contributed by atoms with E-state index in [1.807, 2.05) is 18.2 Å². The monoisotopic (exact) mass is 297 g/mol. The lowest BCUT2D eigenvalue weighted by Gasteiger charge is -2.11. The minimum absolute atomic E-state index is 0.0325. The van der Waals surface area contributed by atoms with Crippen LogP contribution in [0.1, 0.15) is 12.0 Å². The molecule has 0 aliphatic carbocycles. The van der Waals surface area contributed by atoms with Gasteiger partial charge in [-0.15, -0.1) is 0 Å². The topological polar surface area (TPSA) is 58.6 Å². The van der Waals surface area contributed by atoms with Crippen LogP contribution in [0.3, 0.4) is 0 Å². The van der Waals surface area contributed by atoms with Crippen LogP contribution in [0.2, 0.25) is 0 Å². The van der Waals surface area contributed by atoms with Crippen LogP contribution in [0, 0.1) is 0 Å². The van der Waals surface area contributed by atoms with Crippen LogP contribution in [0.5, 0.6) is 0 Å². The predicted molar refractivity (Wildman–Crippen MR) is 84.5 cm³/mol. The van der Waals surface area contributed by atoms with Gasteiger partial charge < -0.3 is 15.2 Å². The molecule has 1 aliphatic heterocycles. The van der Waals surface area contributed by atoms with Gasteiger partial charge in [-0.25, -0.2) is 0 Å². The summed E-state index contributed by atoms with van der Waals surface area (Å²) in [5.41, 5.74) is 3.47. The van der Waals surface area contributed by atoms with Crippen molar-refractivity contribution < 1.29 is 14.6 Å². The Labute approximate surface area is 129 Å². The first-order valence-corrected chi connectivity index (χ1v) is 7.44. The molecule has 0 spiro atoms. The van der Waals surface area contributed by atoms with Crippen molar-refractivity contribution in [2.45, 2.75) is 25.2 Å². The first kappa shape index (κ1) is 14.8. The molecule has 4 heteroatoms. The van der Waals surface area contributed by atoms with E-state index in [4.69, 9.17) is 9.84 Å². The number of benzene rings is 2. The summed E-state index contributed by atoms with van der Waals surface area (Å²) >= 11 is 0. The molecule has 2 unspecified atom stereocenters. The van der Waals surface area contributed by atoms with E-state index in [1.165, 1.54) is 11.1 Å². The second-order valence-corrected chi connectivity index (χ2v) is 5.53. The molecule has 0 saturated carbocycles. The number of carboxylic acids is 1. The third-order valence-corrected chi connectivity index (χ3v) is 3.94. The summed E-state index contributed by atoms with van der Waals surface area (Å²) in [5.74, 6) is -0.807. The molecule has 1 aliphatic rings. The average Bonchev–Trinajstić information content (AvgIpc) is 3.04. The molecular formula is C18H19NO3. The lowest BCUT2D eigenvalue weighted by atomic mass is 10.0. The number of carboxylic acid groups (broad SMARTS) is 1. The van der Waals surface area contributed by atoms with Crippen molar-refractivity contribution in [1.82, 2.24) is 5.32 Å². The van der Waals surface area contributed by atoms with Gasteiger partial charge in [-0.05, 0) is 16.7 Å². The summed E-state index contributed by atoms with van der Waals surface area (Å²) < 4.78 is 5.79. The Morgan fingerprint density at radius 2 is 1.77 bits per heavy atom. The maximum Gasteiger partial charge on any atom is 0.320 e. The predicted octanol–water partition coefficient (Wildman–Crippen LogP) is 2.69. The van der Waals surface area contributed by atoms with Gasteiger partial charge in [0.15, 0.2) is 0 Å². The largest absolute Gasteiger partial charge is 0.480 e. The first-order chi connectivity index (χ1) is 10.7. The summed E-state index contributed by atoms with van der Waals surface area (Å²) in [6, 6.07) is 18.0. The summed E-state index contributed by atoms with van der Waals surface area (Å²) in [6.45, 7) is 1.10. The maximum atomic E-state index is 10.9. The zero-order valence-corrected chi connectivity index (χ0v) is 12.2. The summed E-state index contributed by atoms with van der Waals surface area (Å²) in [5, 5.41) is 11.9. The molecule has 3 rings (SSSR count). The van der Waals surface area contributed by atoms with E-state index in [0.29, 0.717) is 19.6 Å². The van der Waals surface area contributed by atoms with E-state index in [0.717, 1.165) is 5.56 Å². The van der Waals surface area contributed by atoms with Crippen molar-refractivity contribution in [3.8, 4) is 11.1 Å². The lowest BCUT2D eigenvalue weighted by molar-refractivity contribution is -0.139. The summed E-state index contributed by atoms with van der Waals surface area (Å²) in [4.78, 5) is 10.9. The number of hydrogen-bond donors (Lipinski definition) is 2. The van der Waals surface area contributed by atoms with Crippen molar-refractivity contribution in [1.29, 1.82) is 0 Å². The molecule has 0 bridgehead atoms. The Morgan fingerprint density at radius 3 is 2.41 bits per heavy atom. The zero-order valence-electron chi connectivity index (χ0n) is 12.2. The van der Waals surface area contributed by atoms with E-state index in [9.17, 15) is 4.79 Å². The molecule has 1 heterocycles. The number of hydrogen-bond acceptors (Lipinski definition) is 3. The Morgan fingerprint density at radius 1 is 1.09 bits per heavy atom. The highest BCUT2D eigenvalue weighted by molar-refractivity contribution is 5.73. The van der Waals surface area contributed by atoms with Gasteiger partial charge in [-0.1, -0.05) is 54.6 Å². The highest BCUT2D eigenvalue weighted by atomic mass is 16.5. The molecule has 2 aromatic rings. The third-order valence-electron chi connectivity index (χ3n) is 3.94. The Hall–Kier alpha value is -2.17. The van der Waals surface area contributed by atoms with Gasteiger partial charge in [0.1, 0.15) is 6.04 Å². The van der Waals surface area contributed by atoms with Crippen molar-refractivity contribution in [2.24, 2.45) is 0 Å². The summed E-state index contributed by atoms with van der Waals surface area (Å²) in [6.07, 6.45) is 0.493. The van der Waals surface area contributed by atoms with Gasteiger partial charge >= 0.3 is 5.97 Å². The van der Waals surface area contributed by atoms with E-state index < -0.39 is 12.0 Å². The average molecular weight is 297 g/mol. The first-order valence-electron chi connectivity index (χ1n) is 7.44. The molecule has 4 nitrogen and oxygen atoms in total. The van der Waals surface area contributed by atoms with Gasteiger partial charge in [0.05, 0.1) is 12.7 Å². The summed E-state index contributed by atoms with van der Waals surface area (Å²) in [7, 11) is 0. The Kier molecular flexibility index (Phi) is 4.51. The molecule has 2 aromatic carbocycles. The molecule has 0 radical (unpaired) electrons. The Bertz CT molecular complexity index is 625. The van der Waals surface area contributed by atoms with Crippen LogP contribution >= 0.6 is 0 Å². The van der Waals surface area contributed by atoms with Gasteiger partial charge in [-0.2, -0.15) is 0 Å². The van der Waals surface area contributed by atoms with Crippen LogP contribution in [0.4, 0.5) is 0 Å². The maximum absolute atomic E-state index is 10.9. The van der Waals surface area contributed by atoms with E-state index in [1.54, 1.807) is 0 Å². The minimum Gasteiger partial charge on any atom is -0.480 e. The number of nitrogens with one attached hydrogen (secondary N) is 1. The lowest BCUT2D eigenvalue weighted by Crippen LogP contribution is -2.29. The van der Waals surface area contributed by atoms with Crippen molar-refractivity contribution >= 4 is 5.97 Å². The van der Waals surface area contributed by atoms with Crippen LogP contribution < -0.4 is 5.32 Å². The van der Waals surface area contributed by atoms with Crippen molar-refractivity contribution in [3.05, 3.63) is 60.2 Å². The van der Waals surface area contributed by atoms with Crippen LogP contribution in [0.25, 0.3) is 11.1 Å². The van der Waals surface area contributed by atoms with Gasteiger partial charge in [-0.3, -0.25) is 4.79 Å². The molecule has 2 atom stereocenters. The fraction of sp³-hybridized carbons (Fsp3) is 0.278. The van der Waals surface area contributed by atoms with Crippen LogP contribution in [-0.4, -0.2) is 29.8 Å². The van der Waals surface area contributed by atoms with Crippen LogP contribution in [0.15, 0.2) is 54.6 Å². The fourth-order valence-corrected chi connectivity index (χ4v) is 2.66. The number of aliphatic carboxylic acids is 1. The van der Waals surface area contributed by atoms with Crippen molar-refractivity contribution in [2.75, 3.05) is 6.54 Å². The Balaban J connectivity index is 1.55. The van der Waals surface area contributed by atoms with Crippen LogP contribution in [-0.2, 0) is 16.1 Å². The normalized spacial score (nSPS) is 20.9. The smallest absolute Gasteiger partial charge is 0.320 e. The molecule has 2 N–H and O–H groups in total. The van der Waals surface area contributed by atoms with E-state index in [2.05, 4.69) is 41.7 Å². The minimum atomic E-state index is -0.807. The van der Waals surface area contributed by atoms with E-state index >= 15 is 0 Å². The molecule has 1 saturated heterocycles. The van der Waals surface area contributed by atoms with Gasteiger partial charge in [0, 0.05) is 13.0 Å². The second kappa shape index (κ2) is 6.73. The standard InChI is InChI=1S/C18H19NO3/c20-18(21)17-10-16(11-19-17)22-12-13-6-8-15(9-7-13)14-4-2-1-3-5-14/h1-9,16-17,19H,10-12H2,(H,20,21). The second-order valence-electron chi connectivity index (χ2n) is 5.53. The van der Waals surface area contributed by atoms with Gasteiger partial charge in [0.25, 0.3) is 0 Å². The zero-order chi connectivity index (χ0) is 15.4. The molecule has 1 fully saturated rings. The number of ether oxygens (including phenoxy) is 1. The molecule has 114 valence electrons. The fourth-order valence-electron chi connectivity index (χ4n) is 2.66. The molecule has 0 aromatic heterocycles. The highest BCUT2D eigenvalue weighted by Crippen LogP contribution is 2.20. The molecule has 0 amide bonds. The van der Waals surface area contributed by atoms with Gasteiger partial charge in [0.2, 0.25) is 0 Å². The number of rotatable bonds is 5. The van der Waals surface area contributed by atoms with Crippen molar-refractivity contribution in [3.63, 3.8) is 0 Å². The SMILES string of the molecule is O=C(O)C1CC(OCc2ccc(-c3ccccc3)cc2)CN1. The molecular weight excluding hydrogens is 278 g/mol. The highest BCUT2D eigenvalue weighted by Gasteiger charge is 2.29.